The van der Waals surface area contributed by atoms with Crippen molar-refractivity contribution in [1.82, 2.24) is 0 Å². The van der Waals surface area contributed by atoms with Crippen LogP contribution in [0.4, 0.5) is 0 Å². The van der Waals surface area contributed by atoms with E-state index in [9.17, 15) is 5.11 Å². The van der Waals surface area contributed by atoms with Crippen molar-refractivity contribution >= 4 is 0 Å². The Balaban J connectivity index is 1.55. The second-order valence-electron chi connectivity index (χ2n) is 13.0. The number of rotatable bonds is 6. The first-order chi connectivity index (χ1) is 14.6. The largest absolute Gasteiger partial charge is 0.393 e. The molecule has 176 valence electrons. The fourth-order valence-corrected chi connectivity index (χ4v) is 9.30. The van der Waals surface area contributed by atoms with Crippen molar-refractivity contribution in [3.63, 3.8) is 0 Å². The van der Waals surface area contributed by atoms with E-state index in [0.29, 0.717) is 28.1 Å². The third-order valence-electron chi connectivity index (χ3n) is 11.8. The van der Waals surface area contributed by atoms with Crippen LogP contribution in [0.5, 0.6) is 0 Å². The fourth-order valence-electron chi connectivity index (χ4n) is 9.30. The molecule has 0 aromatic rings. The molecule has 3 fully saturated rings. The molecule has 1 heteroatoms. The van der Waals surface area contributed by atoms with Crippen molar-refractivity contribution in [3.05, 3.63) is 23.8 Å². The van der Waals surface area contributed by atoms with Crippen molar-refractivity contribution < 1.29 is 5.11 Å². The van der Waals surface area contributed by atoms with Gasteiger partial charge in [-0.1, -0.05) is 58.4 Å². The summed E-state index contributed by atoms with van der Waals surface area (Å²) < 4.78 is 0. The van der Waals surface area contributed by atoms with Gasteiger partial charge in [-0.3, -0.25) is 0 Å². The Morgan fingerprint density at radius 1 is 1.13 bits per heavy atom. The van der Waals surface area contributed by atoms with Gasteiger partial charge in [-0.25, -0.2) is 0 Å². The van der Waals surface area contributed by atoms with Crippen molar-refractivity contribution in [1.29, 1.82) is 0 Å². The average molecular weight is 427 g/mol. The van der Waals surface area contributed by atoms with Crippen LogP contribution in [0.25, 0.3) is 0 Å². The van der Waals surface area contributed by atoms with Gasteiger partial charge in [0.1, 0.15) is 0 Å². The van der Waals surface area contributed by atoms with E-state index in [-0.39, 0.29) is 6.10 Å². The highest BCUT2D eigenvalue weighted by molar-refractivity contribution is 5.32. The van der Waals surface area contributed by atoms with Gasteiger partial charge in [0.25, 0.3) is 0 Å². The highest BCUT2D eigenvalue weighted by atomic mass is 16.3. The van der Waals surface area contributed by atoms with Crippen LogP contribution in [0.2, 0.25) is 0 Å². The van der Waals surface area contributed by atoms with E-state index in [4.69, 9.17) is 0 Å². The minimum atomic E-state index is -0.0553. The van der Waals surface area contributed by atoms with Gasteiger partial charge in [0.2, 0.25) is 0 Å². The Morgan fingerprint density at radius 2 is 1.87 bits per heavy atom. The summed E-state index contributed by atoms with van der Waals surface area (Å²) >= 11 is 0. The van der Waals surface area contributed by atoms with E-state index < -0.39 is 0 Å². The quantitative estimate of drug-likeness (QED) is 0.423. The second-order valence-corrected chi connectivity index (χ2v) is 13.0. The Labute approximate surface area is 193 Å². The zero-order valence-electron chi connectivity index (χ0n) is 21.5. The first-order valence-electron chi connectivity index (χ1n) is 13.6. The molecule has 0 aromatic carbocycles. The molecule has 0 unspecified atom stereocenters. The molecule has 0 heterocycles. The van der Waals surface area contributed by atoms with E-state index in [1.165, 1.54) is 63.4 Å². The van der Waals surface area contributed by atoms with Crippen LogP contribution in [0.15, 0.2) is 23.8 Å². The fraction of sp³-hybridized carbons (Fsp3) is 0.867. The van der Waals surface area contributed by atoms with Gasteiger partial charge in [0, 0.05) is 0 Å². The lowest BCUT2D eigenvalue weighted by Gasteiger charge is -2.61. The Hall–Kier alpha value is -0.560. The zero-order valence-corrected chi connectivity index (χ0v) is 21.5. The molecule has 0 aliphatic heterocycles. The van der Waals surface area contributed by atoms with E-state index in [2.05, 4.69) is 54.2 Å². The lowest BCUT2D eigenvalue weighted by atomic mass is 9.43. The molecule has 0 aromatic heterocycles. The van der Waals surface area contributed by atoms with Crippen LogP contribution in [-0.4, -0.2) is 11.2 Å². The predicted octanol–water partition coefficient (Wildman–Crippen LogP) is 8.34. The highest BCUT2D eigenvalue weighted by Gasteiger charge is 2.63. The van der Waals surface area contributed by atoms with Gasteiger partial charge in [0.15, 0.2) is 0 Å². The summed E-state index contributed by atoms with van der Waals surface area (Å²) in [6.45, 7) is 19.3. The number of aliphatic hydroxyl groups is 1. The molecule has 0 radical (unpaired) electrons. The molecule has 0 saturated heterocycles. The standard InChI is InChI=1S/C30H50O/c1-8-22(20(2)3)10-9-21(4)25-14-17-30(7)27-12-11-23-19-24(31)13-16-28(23,5)26(27)15-18-29(25,30)6/h12,21-26,31H,2,8-11,13-19H2,1,3-7H3/t21-,22+,23+,24+,25-,26+,28+,29-,30+/m1/s1. The Kier molecular flexibility index (Phi) is 6.35. The van der Waals surface area contributed by atoms with Crippen molar-refractivity contribution in [2.45, 2.75) is 118 Å². The monoisotopic (exact) mass is 426 g/mol. The molecule has 0 spiro atoms. The minimum Gasteiger partial charge on any atom is -0.393 e. The zero-order chi connectivity index (χ0) is 22.6. The molecule has 4 aliphatic carbocycles. The van der Waals surface area contributed by atoms with Crippen LogP contribution in [0, 0.1) is 45.8 Å². The SMILES string of the molecule is C=C(C)[C@@H](CC)CC[C@@H](C)[C@H]1CC[C@@]2(C)C3=CC[C@H]4C[C@@H](O)CC[C@]4(C)[C@H]3CC[C@]12C. The maximum Gasteiger partial charge on any atom is 0.0543 e. The summed E-state index contributed by atoms with van der Waals surface area (Å²) in [7, 11) is 0. The van der Waals surface area contributed by atoms with Gasteiger partial charge in [-0.15, -0.1) is 0 Å². The molecule has 4 aliphatic rings. The highest BCUT2D eigenvalue weighted by Crippen LogP contribution is 2.72. The number of allylic oxidation sites excluding steroid dienone is 3. The van der Waals surface area contributed by atoms with Crippen molar-refractivity contribution in [2.75, 3.05) is 0 Å². The molecule has 3 saturated carbocycles. The Morgan fingerprint density at radius 3 is 2.55 bits per heavy atom. The van der Waals surface area contributed by atoms with Gasteiger partial charge < -0.3 is 5.11 Å². The van der Waals surface area contributed by atoms with Crippen LogP contribution in [0.1, 0.15) is 112 Å². The third-order valence-corrected chi connectivity index (χ3v) is 11.8. The maximum absolute atomic E-state index is 10.3. The Bertz CT molecular complexity index is 720. The topological polar surface area (TPSA) is 20.2 Å². The molecule has 4 rings (SSSR count). The third kappa shape index (κ3) is 3.60. The first-order valence-corrected chi connectivity index (χ1v) is 13.6. The van der Waals surface area contributed by atoms with Crippen LogP contribution in [-0.2, 0) is 0 Å². The molecule has 31 heavy (non-hydrogen) atoms. The van der Waals surface area contributed by atoms with Gasteiger partial charge in [0.05, 0.1) is 6.10 Å². The first kappa shape index (κ1) is 23.6. The lowest BCUT2D eigenvalue weighted by molar-refractivity contribution is -0.0629. The van der Waals surface area contributed by atoms with Gasteiger partial charge in [-0.05, 0) is 123 Å². The molecule has 9 atom stereocenters. The normalized spacial score (nSPS) is 46.4. The summed E-state index contributed by atoms with van der Waals surface area (Å²) in [4.78, 5) is 0. The van der Waals surface area contributed by atoms with Gasteiger partial charge in [-0.2, -0.15) is 0 Å². The van der Waals surface area contributed by atoms with Crippen LogP contribution >= 0.6 is 0 Å². The molecular formula is C30H50O. The van der Waals surface area contributed by atoms with E-state index >= 15 is 0 Å². The summed E-state index contributed by atoms with van der Waals surface area (Å²) in [5.41, 5.74) is 4.49. The summed E-state index contributed by atoms with van der Waals surface area (Å²) in [6.07, 6.45) is 16.6. The predicted molar refractivity (Wildman–Crippen MR) is 133 cm³/mol. The van der Waals surface area contributed by atoms with Gasteiger partial charge >= 0.3 is 0 Å². The van der Waals surface area contributed by atoms with E-state index in [1.807, 2.05) is 5.57 Å². The molecular weight excluding hydrogens is 376 g/mol. The number of fused-ring (bicyclic) bond motifs is 5. The molecule has 0 bridgehead atoms. The molecule has 1 N–H and O–H groups in total. The summed E-state index contributed by atoms with van der Waals surface area (Å²) in [6, 6.07) is 0. The van der Waals surface area contributed by atoms with Crippen LogP contribution in [0.3, 0.4) is 0 Å². The average Bonchev–Trinajstić information content (AvgIpc) is 3.00. The van der Waals surface area contributed by atoms with Crippen molar-refractivity contribution in [3.8, 4) is 0 Å². The summed E-state index contributed by atoms with van der Waals surface area (Å²) in [5.74, 6) is 3.84. The lowest BCUT2D eigenvalue weighted by Crippen LogP contribution is -2.53. The molecule has 0 amide bonds. The minimum absolute atomic E-state index is 0.0553. The smallest absolute Gasteiger partial charge is 0.0543 e. The van der Waals surface area contributed by atoms with E-state index in [0.717, 1.165) is 30.6 Å². The number of aliphatic hydroxyl groups excluding tert-OH is 1. The van der Waals surface area contributed by atoms with Crippen LogP contribution < -0.4 is 0 Å². The maximum atomic E-state index is 10.3. The second kappa shape index (κ2) is 8.34. The summed E-state index contributed by atoms with van der Waals surface area (Å²) in [5, 5.41) is 10.3. The molecule has 1 nitrogen and oxygen atoms in total. The number of hydrogen-bond donors (Lipinski definition) is 1. The van der Waals surface area contributed by atoms with E-state index in [1.54, 1.807) is 0 Å². The number of hydrogen-bond acceptors (Lipinski definition) is 1. The van der Waals surface area contributed by atoms with Crippen molar-refractivity contribution in [2.24, 2.45) is 45.8 Å².